The zero-order valence-corrected chi connectivity index (χ0v) is 8.12. The Bertz CT molecular complexity index is 505. The highest BCUT2D eigenvalue weighted by molar-refractivity contribution is 5.75. The Morgan fingerprint density at radius 2 is 2.20 bits per heavy atom. The van der Waals surface area contributed by atoms with E-state index in [1.807, 2.05) is 0 Å². The van der Waals surface area contributed by atoms with E-state index < -0.39 is 0 Å². The van der Waals surface area contributed by atoms with Gasteiger partial charge in [-0.2, -0.15) is 5.10 Å². The molecule has 0 bridgehead atoms. The van der Waals surface area contributed by atoms with Gasteiger partial charge < -0.3 is 0 Å². The number of benzene rings is 1. The minimum Gasteiger partial charge on any atom is -0.296 e. The van der Waals surface area contributed by atoms with Crippen molar-refractivity contribution in [3.63, 3.8) is 0 Å². The maximum Gasteiger partial charge on any atom is 0.167 e. The molecule has 3 nitrogen and oxygen atoms in total. The van der Waals surface area contributed by atoms with Crippen LogP contribution < -0.4 is 0 Å². The van der Waals surface area contributed by atoms with E-state index in [4.69, 9.17) is 0 Å². The molecule has 1 heterocycles. The van der Waals surface area contributed by atoms with E-state index in [2.05, 4.69) is 10.2 Å². The second kappa shape index (κ2) is 3.65. The number of rotatable bonds is 2. The standard InChI is InChI=1S/C11H9FN2O/c1-7-4-8(12)2-3-10(7)11-5-9(6-15)13-14-11/h2-6H,1H3,(H,13,14). The number of aldehydes is 1. The van der Waals surface area contributed by atoms with Gasteiger partial charge in [0, 0.05) is 5.56 Å². The van der Waals surface area contributed by atoms with Crippen LogP contribution in [0.3, 0.4) is 0 Å². The van der Waals surface area contributed by atoms with Gasteiger partial charge in [-0.3, -0.25) is 9.89 Å². The zero-order chi connectivity index (χ0) is 10.8. The summed E-state index contributed by atoms with van der Waals surface area (Å²) in [4.78, 5) is 10.5. The van der Waals surface area contributed by atoms with Crippen LogP contribution in [-0.4, -0.2) is 16.5 Å². The van der Waals surface area contributed by atoms with Crippen LogP contribution in [0.15, 0.2) is 24.3 Å². The molecule has 0 aliphatic carbocycles. The lowest BCUT2D eigenvalue weighted by Gasteiger charge is -2.01. The van der Waals surface area contributed by atoms with Gasteiger partial charge in [0.2, 0.25) is 0 Å². The van der Waals surface area contributed by atoms with Crippen LogP contribution in [-0.2, 0) is 0 Å². The third-order valence-corrected chi connectivity index (χ3v) is 2.19. The topological polar surface area (TPSA) is 45.8 Å². The first kappa shape index (κ1) is 9.58. The SMILES string of the molecule is Cc1cc(F)ccc1-c1cc(C=O)[nH]n1. The first-order valence-electron chi connectivity index (χ1n) is 4.48. The van der Waals surface area contributed by atoms with Gasteiger partial charge in [-0.05, 0) is 36.8 Å². The Balaban J connectivity index is 2.49. The highest BCUT2D eigenvalue weighted by Crippen LogP contribution is 2.22. The van der Waals surface area contributed by atoms with Crippen LogP contribution in [0.1, 0.15) is 16.1 Å². The third kappa shape index (κ3) is 1.79. The number of halogens is 1. The molecule has 15 heavy (non-hydrogen) atoms. The normalized spacial score (nSPS) is 10.3. The van der Waals surface area contributed by atoms with Gasteiger partial charge in [0.15, 0.2) is 6.29 Å². The van der Waals surface area contributed by atoms with E-state index in [-0.39, 0.29) is 5.82 Å². The average Bonchev–Trinajstić information content (AvgIpc) is 2.66. The Labute approximate surface area is 85.9 Å². The van der Waals surface area contributed by atoms with E-state index in [1.54, 1.807) is 19.1 Å². The van der Waals surface area contributed by atoms with E-state index in [0.717, 1.165) is 11.1 Å². The first-order chi connectivity index (χ1) is 7.20. The molecule has 0 aliphatic rings. The zero-order valence-electron chi connectivity index (χ0n) is 8.12. The van der Waals surface area contributed by atoms with Crippen molar-refractivity contribution < 1.29 is 9.18 Å². The molecule has 0 saturated heterocycles. The molecule has 76 valence electrons. The molecule has 1 aromatic carbocycles. The number of nitrogens with one attached hydrogen (secondary N) is 1. The van der Waals surface area contributed by atoms with Crippen molar-refractivity contribution in [1.82, 2.24) is 10.2 Å². The molecule has 2 rings (SSSR count). The summed E-state index contributed by atoms with van der Waals surface area (Å²) in [6.45, 7) is 1.80. The molecule has 2 aromatic rings. The van der Waals surface area contributed by atoms with Gasteiger partial charge in [-0.15, -0.1) is 0 Å². The Morgan fingerprint density at radius 3 is 2.80 bits per heavy atom. The molecule has 0 spiro atoms. The molecule has 1 aromatic heterocycles. The number of hydrogen-bond acceptors (Lipinski definition) is 2. The van der Waals surface area contributed by atoms with Crippen molar-refractivity contribution >= 4 is 6.29 Å². The van der Waals surface area contributed by atoms with Crippen LogP contribution in [0.5, 0.6) is 0 Å². The maximum atomic E-state index is 12.9. The van der Waals surface area contributed by atoms with Gasteiger partial charge in [0.05, 0.1) is 11.4 Å². The summed E-state index contributed by atoms with van der Waals surface area (Å²) in [5.41, 5.74) is 2.67. The second-order valence-corrected chi connectivity index (χ2v) is 3.29. The van der Waals surface area contributed by atoms with Crippen LogP contribution in [0.25, 0.3) is 11.3 Å². The molecular formula is C11H9FN2O. The molecule has 0 aliphatic heterocycles. The van der Waals surface area contributed by atoms with Gasteiger partial charge in [-0.1, -0.05) is 0 Å². The van der Waals surface area contributed by atoms with Crippen molar-refractivity contribution in [2.75, 3.05) is 0 Å². The monoisotopic (exact) mass is 204 g/mol. The molecule has 0 saturated carbocycles. The minimum absolute atomic E-state index is 0.276. The van der Waals surface area contributed by atoms with Crippen LogP contribution in [0.2, 0.25) is 0 Å². The number of nitrogens with zero attached hydrogens (tertiary/aromatic N) is 1. The predicted molar refractivity (Wildman–Crippen MR) is 54.1 cm³/mol. The highest BCUT2D eigenvalue weighted by atomic mass is 19.1. The average molecular weight is 204 g/mol. The van der Waals surface area contributed by atoms with E-state index in [0.29, 0.717) is 17.7 Å². The van der Waals surface area contributed by atoms with E-state index >= 15 is 0 Å². The molecule has 0 amide bonds. The number of hydrogen-bond donors (Lipinski definition) is 1. The van der Waals surface area contributed by atoms with Gasteiger partial charge in [0.25, 0.3) is 0 Å². The number of carbonyl (C=O) groups excluding carboxylic acids is 1. The predicted octanol–water partition coefficient (Wildman–Crippen LogP) is 2.34. The molecule has 0 radical (unpaired) electrons. The van der Waals surface area contributed by atoms with Crippen molar-refractivity contribution in [1.29, 1.82) is 0 Å². The van der Waals surface area contributed by atoms with Gasteiger partial charge in [0.1, 0.15) is 5.82 Å². The largest absolute Gasteiger partial charge is 0.296 e. The number of aromatic nitrogens is 2. The molecule has 4 heteroatoms. The van der Waals surface area contributed by atoms with E-state index in [1.165, 1.54) is 12.1 Å². The van der Waals surface area contributed by atoms with Crippen LogP contribution >= 0.6 is 0 Å². The summed E-state index contributed by atoms with van der Waals surface area (Å²) in [6.07, 6.45) is 0.690. The fraction of sp³-hybridized carbons (Fsp3) is 0.0909. The summed E-state index contributed by atoms with van der Waals surface area (Å²) < 4.78 is 12.9. The van der Waals surface area contributed by atoms with Crippen molar-refractivity contribution in [3.05, 3.63) is 41.3 Å². The molecule has 1 N–H and O–H groups in total. The number of aryl methyl sites for hydroxylation is 1. The fourth-order valence-corrected chi connectivity index (χ4v) is 1.45. The summed E-state index contributed by atoms with van der Waals surface area (Å²) in [5.74, 6) is -0.276. The number of aromatic amines is 1. The molecular weight excluding hydrogens is 195 g/mol. The van der Waals surface area contributed by atoms with Gasteiger partial charge in [-0.25, -0.2) is 4.39 Å². The quantitative estimate of drug-likeness (QED) is 0.763. The molecule has 0 unspecified atom stereocenters. The van der Waals surface area contributed by atoms with Crippen LogP contribution in [0.4, 0.5) is 4.39 Å². The summed E-state index contributed by atoms with van der Waals surface area (Å²) >= 11 is 0. The smallest absolute Gasteiger partial charge is 0.167 e. The van der Waals surface area contributed by atoms with Gasteiger partial charge >= 0.3 is 0 Å². The third-order valence-electron chi connectivity index (χ3n) is 2.19. The molecule has 0 fully saturated rings. The van der Waals surface area contributed by atoms with E-state index in [9.17, 15) is 9.18 Å². The second-order valence-electron chi connectivity index (χ2n) is 3.29. The van der Waals surface area contributed by atoms with Crippen molar-refractivity contribution in [2.24, 2.45) is 0 Å². The molecule has 0 atom stereocenters. The number of H-pyrrole nitrogens is 1. The summed E-state index contributed by atoms with van der Waals surface area (Å²) in [6, 6.07) is 6.09. The minimum atomic E-state index is -0.276. The highest BCUT2D eigenvalue weighted by Gasteiger charge is 2.06. The first-order valence-corrected chi connectivity index (χ1v) is 4.48. The Morgan fingerprint density at radius 1 is 1.40 bits per heavy atom. The lowest BCUT2D eigenvalue weighted by molar-refractivity contribution is 0.111. The Hall–Kier alpha value is -1.97. The summed E-state index contributed by atoms with van der Waals surface area (Å²) in [5, 5.41) is 6.55. The van der Waals surface area contributed by atoms with Crippen LogP contribution in [0, 0.1) is 12.7 Å². The number of carbonyl (C=O) groups is 1. The Kier molecular flexibility index (Phi) is 2.33. The lowest BCUT2D eigenvalue weighted by atomic mass is 10.1. The fourth-order valence-electron chi connectivity index (χ4n) is 1.45. The summed E-state index contributed by atoms with van der Waals surface area (Å²) in [7, 11) is 0. The maximum absolute atomic E-state index is 12.9. The van der Waals surface area contributed by atoms with Crippen molar-refractivity contribution in [3.8, 4) is 11.3 Å². The van der Waals surface area contributed by atoms with Crippen molar-refractivity contribution in [2.45, 2.75) is 6.92 Å². The lowest BCUT2D eigenvalue weighted by Crippen LogP contribution is -1.85.